The zero-order chi connectivity index (χ0) is 83.4. The number of ketones is 3. The minimum Gasteiger partial charge on any atom is -0.425 e. The lowest BCUT2D eigenvalue weighted by molar-refractivity contribution is -0.384. The standard InChI is InChI=1S/C63H123N21O9.C13H18N2O4/c1-46(85)52(19-7-13-25-64)79-76-34-40-83(39-33-75-60(90)57(72-6)24-12-18-30-69)62(92)50-43-49(61(91)82(37-31-73-58(88)55(70-4)22-10-16-28-67)38-32-74-59(89)56(71-5)23-11-17-29-68)44-51(45-50)63(93)84(41-35-77-80-53(47(2)86)20-8-14-26-65)42-36-78-81-54(48(3)87)21-9-15-27-66;1-2-3-4-5-12(14)13(16)19-11-8-6-10(7-9-11)15(17)18/h43-45,52-57,70-72,76-81H,7-42,64-69H2,1-6H3,(H,73,88)(H,74,89)(H,75,90);6-9,12H,2-5,14H2,1H3/t52-,53-,54-,55-,56-,57-;12-/m00/s1. The van der Waals surface area contributed by atoms with Crippen LogP contribution in [0.25, 0.3) is 0 Å². The van der Waals surface area contributed by atoms with Crippen molar-refractivity contribution in [1.29, 1.82) is 0 Å². The molecule has 0 heterocycles. The van der Waals surface area contributed by atoms with Crippen molar-refractivity contribution in [2.75, 3.05) is 139 Å². The second-order valence-electron chi connectivity index (χ2n) is 27.8. The fourth-order valence-electron chi connectivity index (χ4n) is 11.8. The van der Waals surface area contributed by atoms with E-state index >= 15 is 14.4 Å². The van der Waals surface area contributed by atoms with Crippen molar-refractivity contribution in [3.63, 3.8) is 0 Å². The van der Waals surface area contributed by atoms with Gasteiger partial charge >= 0.3 is 5.97 Å². The van der Waals surface area contributed by atoms with Crippen LogP contribution in [0.4, 0.5) is 5.69 Å². The summed E-state index contributed by atoms with van der Waals surface area (Å²) in [5.41, 5.74) is 58.6. The number of unbranched alkanes of at least 4 members (excludes halogenated alkanes) is 8. The Kier molecular flexibility index (Phi) is 58.4. The summed E-state index contributed by atoms with van der Waals surface area (Å²) in [6, 6.07) is 5.73. The van der Waals surface area contributed by atoms with Crippen LogP contribution in [0.2, 0.25) is 0 Å². The summed E-state index contributed by atoms with van der Waals surface area (Å²) >= 11 is 0. The topological polar surface area (TPSA) is 559 Å². The van der Waals surface area contributed by atoms with E-state index < -0.39 is 70.9 Å². The van der Waals surface area contributed by atoms with E-state index in [1.165, 1.54) is 77.9 Å². The van der Waals surface area contributed by atoms with Gasteiger partial charge in [0.2, 0.25) is 17.7 Å². The van der Waals surface area contributed by atoms with Gasteiger partial charge in [0.05, 0.1) is 41.2 Å². The molecule has 638 valence electrons. The van der Waals surface area contributed by atoms with Crippen molar-refractivity contribution < 1.29 is 57.6 Å². The molecule has 36 heteroatoms. The number of likely N-dealkylation sites (N-methyl/N-ethyl adjacent to an activating group) is 3. The molecule has 2 rings (SSSR count). The number of hydrogen-bond acceptors (Lipinski definition) is 29. The van der Waals surface area contributed by atoms with Gasteiger partial charge in [-0.15, -0.1) is 0 Å². The minimum absolute atomic E-state index is 0.000547. The first-order valence-electron chi connectivity index (χ1n) is 40.1. The fraction of sp³-hybridized carbons (Fsp3) is 0.711. The molecule has 0 saturated carbocycles. The van der Waals surface area contributed by atoms with Gasteiger partial charge in [-0.1, -0.05) is 64.7 Å². The third-order valence-corrected chi connectivity index (χ3v) is 18.8. The molecule has 0 radical (unpaired) electrons. The Hall–Kier alpha value is -7.50. The molecule has 0 unspecified atom stereocenters. The second-order valence-corrected chi connectivity index (χ2v) is 27.8. The van der Waals surface area contributed by atoms with Gasteiger partial charge in [0.15, 0.2) is 0 Å². The highest BCUT2D eigenvalue weighted by molar-refractivity contribution is 6.05. The summed E-state index contributed by atoms with van der Waals surface area (Å²) < 4.78 is 5.06. The number of nitro groups is 1. The lowest BCUT2D eigenvalue weighted by Gasteiger charge is -2.28. The number of rotatable bonds is 67. The van der Waals surface area contributed by atoms with E-state index in [0.717, 1.165) is 57.8 Å². The number of hydrazine groups is 3. The van der Waals surface area contributed by atoms with Crippen LogP contribution in [0.5, 0.6) is 5.75 Å². The van der Waals surface area contributed by atoms with Crippen molar-refractivity contribution in [3.05, 3.63) is 69.3 Å². The molecule has 0 saturated heterocycles. The zero-order valence-electron chi connectivity index (χ0n) is 68.0. The Labute approximate surface area is 663 Å². The average Bonchev–Trinajstić information content (AvgIpc) is 0.802. The predicted molar refractivity (Wildman–Crippen MR) is 437 cm³/mol. The Morgan fingerprint density at radius 3 is 0.920 bits per heavy atom. The van der Waals surface area contributed by atoms with Crippen LogP contribution in [0.1, 0.15) is 200 Å². The number of carbonyl (C=O) groups is 10. The van der Waals surface area contributed by atoms with Crippen LogP contribution in [-0.4, -0.2) is 260 Å². The number of esters is 1. The molecule has 112 heavy (non-hydrogen) atoms. The smallest absolute Gasteiger partial charge is 0.328 e. The Morgan fingerprint density at radius 2 is 0.670 bits per heavy atom. The van der Waals surface area contributed by atoms with Crippen molar-refractivity contribution in [1.82, 2.24) is 79.2 Å². The fourth-order valence-corrected chi connectivity index (χ4v) is 11.8. The van der Waals surface area contributed by atoms with E-state index in [1.807, 2.05) is 0 Å². The number of non-ortho nitro benzene ring substituents is 1. The largest absolute Gasteiger partial charge is 0.425 e. The summed E-state index contributed by atoms with van der Waals surface area (Å²) in [7, 11) is 5.06. The highest BCUT2D eigenvalue weighted by atomic mass is 16.6. The van der Waals surface area contributed by atoms with Crippen molar-refractivity contribution >= 4 is 64.4 Å². The molecule has 26 N–H and O–H groups in total. The minimum atomic E-state index is -0.651. The molecular formula is C76H141N23O13. The van der Waals surface area contributed by atoms with Crippen LogP contribution in [0, 0.1) is 10.1 Å². The molecule has 0 aliphatic rings. The maximum atomic E-state index is 15.4. The Bertz CT molecular complexity index is 2940. The van der Waals surface area contributed by atoms with Crippen LogP contribution in [0.15, 0.2) is 42.5 Å². The second kappa shape index (κ2) is 63.9. The van der Waals surface area contributed by atoms with Crippen LogP contribution in [0.3, 0.4) is 0 Å². The monoisotopic (exact) mass is 1580 g/mol. The number of ether oxygens (including phenoxy) is 1. The van der Waals surface area contributed by atoms with Crippen molar-refractivity contribution in [2.24, 2.45) is 40.1 Å². The SMILES string of the molecule is CCCCC[C@H](N)C(=O)Oc1ccc([N+](=O)[O-])cc1.CN[C@@H](CCCCN)C(=O)NCCN(CCNN[C@@H](CCCCN)C(C)=O)C(=O)c1cc(C(=O)N(CCNN[C@@H](CCCCN)C(C)=O)CCNN[C@@H](CCCCN)C(C)=O)cc(C(=O)N(CCNC(=O)[C@H](CCCCN)NC)CCNC(=O)[C@H](CCCCN)NC)c1. The lowest BCUT2D eigenvalue weighted by atomic mass is 10.0. The average molecular weight is 1590 g/mol. The summed E-state index contributed by atoms with van der Waals surface area (Å²) in [5, 5.41) is 28.5. The zero-order valence-corrected chi connectivity index (χ0v) is 68.0. The van der Waals surface area contributed by atoms with Crippen LogP contribution >= 0.6 is 0 Å². The highest BCUT2D eigenvalue weighted by Gasteiger charge is 2.28. The van der Waals surface area contributed by atoms with E-state index in [9.17, 15) is 43.7 Å². The molecule has 2 aromatic rings. The molecule has 0 bridgehead atoms. The molecule has 0 fully saturated rings. The predicted octanol–water partition coefficient (Wildman–Crippen LogP) is -0.537. The number of amides is 6. The van der Waals surface area contributed by atoms with E-state index in [4.69, 9.17) is 44.9 Å². The summed E-state index contributed by atoms with van der Waals surface area (Å²) in [6.45, 7) is 9.86. The van der Waals surface area contributed by atoms with Gasteiger partial charge < -0.3 is 91.5 Å². The van der Waals surface area contributed by atoms with E-state index in [0.29, 0.717) is 123 Å². The number of nitrogens with one attached hydrogen (secondary N) is 12. The summed E-state index contributed by atoms with van der Waals surface area (Å²) in [4.78, 5) is 151. The molecule has 7 atom stereocenters. The van der Waals surface area contributed by atoms with E-state index in [-0.39, 0.29) is 142 Å². The molecule has 0 aromatic heterocycles. The first-order chi connectivity index (χ1) is 53.9. The summed E-state index contributed by atoms with van der Waals surface area (Å²) in [5.74, 6) is -3.16. The molecule has 2 aromatic carbocycles. The van der Waals surface area contributed by atoms with Gasteiger partial charge in [-0.05, 0) is 195 Å². The lowest BCUT2D eigenvalue weighted by Crippen LogP contribution is -2.50. The van der Waals surface area contributed by atoms with Gasteiger partial charge in [0.25, 0.3) is 23.4 Å². The number of nitrogens with two attached hydrogens (primary N) is 7. The number of nitrogens with zero attached hydrogens (tertiary/aromatic N) is 4. The number of carbonyl (C=O) groups excluding carboxylic acids is 10. The Balaban J connectivity index is 0.00000286. The van der Waals surface area contributed by atoms with Crippen LogP contribution in [-0.2, 0) is 33.6 Å². The molecular weight excluding hydrogens is 1440 g/mol. The maximum Gasteiger partial charge on any atom is 0.328 e. The normalized spacial score (nSPS) is 13.1. The van der Waals surface area contributed by atoms with Crippen molar-refractivity contribution in [2.45, 2.75) is 211 Å². The van der Waals surface area contributed by atoms with Crippen molar-refractivity contribution in [3.8, 4) is 5.75 Å². The first-order valence-corrected chi connectivity index (χ1v) is 40.1. The maximum absolute atomic E-state index is 15.4. The molecule has 0 spiro atoms. The molecule has 36 nitrogen and oxygen atoms in total. The van der Waals surface area contributed by atoms with Gasteiger partial charge in [0.1, 0.15) is 29.1 Å². The molecule has 6 amide bonds. The van der Waals surface area contributed by atoms with Gasteiger partial charge in [-0.2, -0.15) is 0 Å². The Morgan fingerprint density at radius 1 is 0.402 bits per heavy atom. The van der Waals surface area contributed by atoms with Crippen LogP contribution < -0.4 is 109 Å². The molecule has 0 aliphatic carbocycles. The van der Waals surface area contributed by atoms with E-state index in [1.54, 1.807) is 21.1 Å². The quantitative estimate of drug-likeness (QED) is 0.0130. The number of hydrogen-bond donors (Lipinski definition) is 19. The molecule has 0 aliphatic heterocycles. The third kappa shape index (κ3) is 44.2. The third-order valence-electron chi connectivity index (χ3n) is 18.8. The van der Waals surface area contributed by atoms with Gasteiger partial charge in [0, 0.05) is 107 Å². The van der Waals surface area contributed by atoms with E-state index in [2.05, 4.69) is 71.4 Å². The number of Topliss-reactive ketones (excluding diaryl/α,β-unsaturated/α-hetero) is 3. The van der Waals surface area contributed by atoms with Gasteiger partial charge in [-0.3, -0.25) is 69.5 Å². The first kappa shape index (κ1) is 103. The highest BCUT2D eigenvalue weighted by Crippen LogP contribution is 2.20. The summed E-state index contributed by atoms with van der Waals surface area (Å²) in [6.07, 6.45) is 15.4. The number of benzene rings is 2. The van der Waals surface area contributed by atoms with Gasteiger partial charge in [-0.25, -0.2) is 21.1 Å². The number of nitro benzene ring substituents is 1.